The van der Waals surface area contributed by atoms with Crippen molar-refractivity contribution in [3.05, 3.63) is 0 Å². The zero-order valence-corrected chi connectivity index (χ0v) is 20.6. The van der Waals surface area contributed by atoms with Crippen LogP contribution in [0.15, 0.2) is 4.99 Å². The molecule has 1 heterocycles. The van der Waals surface area contributed by atoms with Gasteiger partial charge < -0.3 is 15.2 Å². The number of esters is 1. The summed E-state index contributed by atoms with van der Waals surface area (Å²) in [5, 5.41) is 14.2. The SMILES string of the molecule is CCCCCCCCCCCC(=O)OC[C@@H]1NC(=O)[C@H](COS(=O)(=O)O)N=C1[O-].[Na+]. The molecule has 10 nitrogen and oxygen atoms in total. The van der Waals surface area contributed by atoms with Crippen molar-refractivity contribution in [3.8, 4) is 0 Å². The Kier molecular flexibility index (Phi) is 15.6. The van der Waals surface area contributed by atoms with E-state index in [0.717, 1.165) is 19.3 Å². The molecule has 1 aliphatic heterocycles. The van der Waals surface area contributed by atoms with Crippen molar-refractivity contribution in [1.82, 2.24) is 5.32 Å². The average molecular weight is 459 g/mol. The molecule has 0 fully saturated rings. The predicted molar refractivity (Wildman–Crippen MR) is 103 cm³/mol. The number of carbonyl (C=O) groups excluding carboxylic acids is 2. The molecule has 0 aromatic rings. The Morgan fingerprint density at radius 2 is 1.67 bits per heavy atom. The van der Waals surface area contributed by atoms with Crippen LogP contribution in [0, 0.1) is 0 Å². The molecule has 1 amide bonds. The van der Waals surface area contributed by atoms with E-state index in [4.69, 9.17) is 9.29 Å². The van der Waals surface area contributed by atoms with E-state index >= 15 is 0 Å². The number of hydrogen-bond donors (Lipinski definition) is 2. The Morgan fingerprint density at radius 3 is 2.23 bits per heavy atom. The van der Waals surface area contributed by atoms with Gasteiger partial charge in [-0.15, -0.1) is 0 Å². The van der Waals surface area contributed by atoms with Crippen LogP contribution in [0.3, 0.4) is 0 Å². The largest absolute Gasteiger partial charge is 1.00 e. The minimum Gasteiger partial charge on any atom is -0.860 e. The number of hydrogen-bond acceptors (Lipinski definition) is 8. The molecular weight excluding hydrogens is 427 g/mol. The fourth-order valence-corrected chi connectivity index (χ4v) is 3.14. The fraction of sp³-hybridized carbons (Fsp3) is 0.833. The van der Waals surface area contributed by atoms with Crippen molar-refractivity contribution >= 4 is 28.2 Å². The summed E-state index contributed by atoms with van der Waals surface area (Å²) < 4.78 is 38.6. The van der Waals surface area contributed by atoms with Crippen LogP contribution in [0.4, 0.5) is 0 Å². The second-order valence-electron chi connectivity index (χ2n) is 7.02. The zero-order chi connectivity index (χ0) is 21.7. The molecule has 0 aromatic carbocycles. The van der Waals surface area contributed by atoms with E-state index in [-0.39, 0.29) is 42.6 Å². The maximum absolute atomic E-state index is 11.9. The first kappa shape index (κ1) is 29.3. The van der Waals surface area contributed by atoms with E-state index in [1.54, 1.807) is 0 Å². The Balaban J connectivity index is 0.00000841. The van der Waals surface area contributed by atoms with Gasteiger partial charge in [-0.1, -0.05) is 58.3 Å². The number of ether oxygens (including phenoxy) is 1. The van der Waals surface area contributed by atoms with Gasteiger partial charge in [0.25, 0.3) is 0 Å². The van der Waals surface area contributed by atoms with E-state index in [2.05, 4.69) is 21.4 Å². The average Bonchev–Trinajstić information content (AvgIpc) is 2.65. The van der Waals surface area contributed by atoms with Crippen LogP contribution in [-0.2, 0) is 28.9 Å². The summed E-state index contributed by atoms with van der Waals surface area (Å²) in [4.78, 5) is 27.1. The van der Waals surface area contributed by atoms with Gasteiger partial charge in [-0.2, -0.15) is 8.42 Å². The number of nitrogens with one attached hydrogen (secondary N) is 1. The Labute approximate surface area is 200 Å². The molecule has 0 radical (unpaired) electrons. The van der Waals surface area contributed by atoms with Gasteiger partial charge in [-0.05, 0) is 12.3 Å². The van der Waals surface area contributed by atoms with Crippen LogP contribution in [0.25, 0.3) is 0 Å². The Hall–Kier alpha value is -0.720. The van der Waals surface area contributed by atoms with Gasteiger partial charge in [-0.25, -0.2) is 4.18 Å². The van der Waals surface area contributed by atoms with Crippen LogP contribution in [0.2, 0.25) is 0 Å². The molecule has 12 heteroatoms. The summed E-state index contributed by atoms with van der Waals surface area (Å²) in [6.45, 7) is 1.06. The van der Waals surface area contributed by atoms with Gasteiger partial charge in [0.2, 0.25) is 5.91 Å². The molecule has 30 heavy (non-hydrogen) atoms. The summed E-state index contributed by atoms with van der Waals surface area (Å²) in [5.74, 6) is -1.97. The summed E-state index contributed by atoms with van der Waals surface area (Å²) in [7, 11) is -4.74. The van der Waals surface area contributed by atoms with E-state index in [1.807, 2.05) is 0 Å². The van der Waals surface area contributed by atoms with Gasteiger partial charge in [0.15, 0.2) is 6.04 Å². The van der Waals surface area contributed by atoms with Crippen molar-refractivity contribution in [2.24, 2.45) is 4.99 Å². The van der Waals surface area contributed by atoms with Crippen LogP contribution >= 0.6 is 0 Å². The fourth-order valence-electron chi connectivity index (χ4n) is 2.84. The maximum Gasteiger partial charge on any atom is 1.00 e. The topological polar surface area (TPSA) is 154 Å². The van der Waals surface area contributed by atoms with Crippen LogP contribution in [-0.4, -0.2) is 56.0 Å². The van der Waals surface area contributed by atoms with Crippen LogP contribution in [0.1, 0.15) is 71.1 Å². The Morgan fingerprint density at radius 1 is 1.10 bits per heavy atom. The van der Waals surface area contributed by atoms with Gasteiger partial charge in [0, 0.05) is 6.42 Å². The van der Waals surface area contributed by atoms with E-state index in [9.17, 15) is 23.1 Å². The van der Waals surface area contributed by atoms with E-state index < -0.39 is 46.9 Å². The second kappa shape index (κ2) is 16.0. The molecule has 2 atom stereocenters. The number of aliphatic imine (C=N–C) groups is 1. The molecule has 0 saturated heterocycles. The third kappa shape index (κ3) is 13.6. The maximum atomic E-state index is 11.9. The second-order valence-corrected chi connectivity index (χ2v) is 8.11. The first-order valence-corrected chi connectivity index (χ1v) is 11.4. The number of nitrogens with zero attached hydrogens (tertiary/aromatic N) is 1. The summed E-state index contributed by atoms with van der Waals surface area (Å²) in [5.41, 5.74) is 0. The minimum absolute atomic E-state index is 0. The molecule has 2 N–H and O–H groups in total. The van der Waals surface area contributed by atoms with Crippen LogP contribution in [0.5, 0.6) is 0 Å². The smallest absolute Gasteiger partial charge is 0.860 e. The number of rotatable bonds is 15. The first-order valence-electron chi connectivity index (χ1n) is 10.1. The summed E-state index contributed by atoms with van der Waals surface area (Å²) in [6.07, 6.45) is 10.4. The number of unbranched alkanes of at least 4 members (excludes halogenated alkanes) is 8. The minimum atomic E-state index is -4.74. The van der Waals surface area contributed by atoms with Gasteiger partial charge in [0.1, 0.15) is 6.61 Å². The first-order chi connectivity index (χ1) is 13.7. The molecule has 0 aliphatic carbocycles. The molecule has 0 aromatic heterocycles. The third-order valence-electron chi connectivity index (χ3n) is 4.47. The van der Waals surface area contributed by atoms with Gasteiger partial charge in [0.05, 0.1) is 12.6 Å². The monoisotopic (exact) mass is 458 g/mol. The molecule has 0 spiro atoms. The van der Waals surface area contributed by atoms with Gasteiger partial charge in [-0.3, -0.25) is 19.1 Å². The predicted octanol–water partition coefficient (Wildman–Crippen LogP) is -2.10. The molecule has 0 bridgehead atoms. The molecular formula is C18H31N2NaO8S. The van der Waals surface area contributed by atoms with Gasteiger partial charge >= 0.3 is 45.9 Å². The van der Waals surface area contributed by atoms with E-state index in [1.165, 1.54) is 32.1 Å². The molecule has 1 aliphatic rings. The van der Waals surface area contributed by atoms with E-state index in [0.29, 0.717) is 6.42 Å². The number of amides is 1. The van der Waals surface area contributed by atoms with Crippen molar-refractivity contribution in [2.45, 2.75) is 83.2 Å². The van der Waals surface area contributed by atoms with Crippen molar-refractivity contribution in [2.75, 3.05) is 13.2 Å². The summed E-state index contributed by atoms with van der Waals surface area (Å²) in [6, 6.07) is -2.50. The van der Waals surface area contributed by atoms with Crippen molar-refractivity contribution < 1.29 is 66.1 Å². The van der Waals surface area contributed by atoms with Crippen LogP contribution < -0.4 is 40.0 Å². The number of carbonyl (C=O) groups is 2. The zero-order valence-electron chi connectivity index (χ0n) is 17.8. The Bertz CT molecular complexity index is 657. The van der Waals surface area contributed by atoms with Crippen molar-refractivity contribution in [3.63, 3.8) is 0 Å². The molecule has 168 valence electrons. The van der Waals surface area contributed by atoms with Crippen molar-refractivity contribution in [1.29, 1.82) is 0 Å². The molecule has 0 unspecified atom stereocenters. The quantitative estimate of drug-likeness (QED) is 0.122. The summed E-state index contributed by atoms with van der Waals surface area (Å²) >= 11 is 0. The standard InChI is InChI=1S/C18H32N2O8S.Na/c1-2-3-4-5-6-7-8-9-10-11-16(21)27-12-14-17(22)20-15(18(23)19-14)13-28-29(24,25)26;/h14-15H,2-13H2,1H3,(H,19,23)(H,20,22)(H,24,25,26);/q;+1/p-1/t14-,15-;/m0./s1. The third-order valence-corrected chi connectivity index (χ3v) is 4.90. The molecule has 0 saturated carbocycles. The normalized spacial score (nSPS) is 18.9. The molecule has 1 rings (SSSR count).